The SMILES string of the molecule is CC(C)C(C(=O)NC(C)(C)C)N(CCc1c[nH]c2ccccc12)C(=O)c1ccccc1[Se][Se]c1ccccc1C(=O)N(CCc1c[nH]c2ccccc12)C(C(=O)NC(C)(C)C)C(C)C. The monoisotopic (exact) mass is 996 g/mol. The second kappa shape index (κ2) is 20.8. The number of carbonyl (C=O) groups is 4. The Hall–Kier alpha value is -5.12. The van der Waals surface area contributed by atoms with Gasteiger partial charge >= 0.3 is 392 Å². The van der Waals surface area contributed by atoms with Crippen molar-refractivity contribution in [3.63, 3.8) is 0 Å². The van der Waals surface area contributed by atoms with Gasteiger partial charge in [0.05, 0.1) is 0 Å². The van der Waals surface area contributed by atoms with Gasteiger partial charge in [-0.25, -0.2) is 0 Å². The maximum absolute atomic E-state index is 15.1. The molecule has 6 aromatic rings. The third-order valence-corrected chi connectivity index (χ3v) is 18.3. The molecule has 0 saturated carbocycles. The Bertz CT molecular complexity index is 2400. The second-order valence-corrected chi connectivity index (χ2v) is 25.4. The molecule has 12 heteroatoms. The van der Waals surface area contributed by atoms with E-state index in [0.717, 1.165) is 41.9 Å². The molecule has 338 valence electrons. The van der Waals surface area contributed by atoms with E-state index < -0.39 is 23.2 Å². The van der Waals surface area contributed by atoms with Crippen LogP contribution < -0.4 is 19.6 Å². The molecule has 0 bridgehead atoms. The Labute approximate surface area is 390 Å². The Kier molecular flexibility index (Phi) is 15.7. The molecule has 10 nitrogen and oxygen atoms in total. The fraction of sp³-hybridized carbons (Fsp3) is 0.385. The van der Waals surface area contributed by atoms with Gasteiger partial charge in [-0.1, -0.05) is 0 Å². The average Bonchev–Trinajstić information content (AvgIpc) is 3.85. The Morgan fingerprint density at radius 1 is 0.531 bits per heavy atom. The summed E-state index contributed by atoms with van der Waals surface area (Å²) in [7, 11) is 0. The zero-order valence-electron chi connectivity index (χ0n) is 38.9. The minimum absolute atomic E-state index is 0.159. The van der Waals surface area contributed by atoms with Gasteiger partial charge in [0.25, 0.3) is 0 Å². The van der Waals surface area contributed by atoms with Crippen molar-refractivity contribution in [2.45, 2.75) is 105 Å². The topological polar surface area (TPSA) is 130 Å². The second-order valence-electron chi connectivity index (χ2n) is 19.2. The number of para-hydroxylation sites is 2. The van der Waals surface area contributed by atoms with Crippen molar-refractivity contribution in [2.24, 2.45) is 11.8 Å². The number of fused-ring (bicyclic) bond motifs is 2. The first kappa shape index (κ1) is 48.3. The predicted octanol–water partition coefficient (Wildman–Crippen LogP) is 7.17. The number of benzene rings is 4. The molecule has 4 amide bonds. The first-order chi connectivity index (χ1) is 30.3. The maximum atomic E-state index is 15.1. The first-order valence-electron chi connectivity index (χ1n) is 22.2. The number of H-pyrrole nitrogens is 2. The van der Waals surface area contributed by atoms with Crippen LogP contribution in [0.25, 0.3) is 21.8 Å². The van der Waals surface area contributed by atoms with E-state index in [1.54, 1.807) is 9.80 Å². The predicted molar refractivity (Wildman–Crippen MR) is 263 cm³/mol. The average molecular weight is 995 g/mol. The van der Waals surface area contributed by atoms with E-state index in [4.69, 9.17) is 0 Å². The summed E-state index contributed by atoms with van der Waals surface area (Å²) in [5.41, 5.74) is 4.39. The van der Waals surface area contributed by atoms with E-state index in [0.29, 0.717) is 37.1 Å². The van der Waals surface area contributed by atoms with Gasteiger partial charge < -0.3 is 0 Å². The zero-order chi connectivity index (χ0) is 46.3. The van der Waals surface area contributed by atoms with Crippen LogP contribution in [0.4, 0.5) is 0 Å². The molecule has 2 atom stereocenters. The van der Waals surface area contributed by atoms with Crippen LogP contribution in [0.15, 0.2) is 109 Å². The molecule has 0 aliphatic rings. The van der Waals surface area contributed by atoms with Gasteiger partial charge in [0.1, 0.15) is 0 Å². The van der Waals surface area contributed by atoms with Crippen molar-refractivity contribution >= 4 is 80.6 Å². The van der Waals surface area contributed by atoms with Crippen LogP contribution in [0.3, 0.4) is 0 Å². The van der Waals surface area contributed by atoms with Crippen LogP contribution in [-0.2, 0) is 22.4 Å². The minimum atomic E-state index is -0.707. The normalized spacial score (nSPS) is 13.0. The molecular weight excluding hydrogens is 931 g/mol. The zero-order valence-corrected chi connectivity index (χ0v) is 42.3. The third-order valence-electron chi connectivity index (χ3n) is 11.0. The van der Waals surface area contributed by atoms with E-state index in [2.05, 4.69) is 32.7 Å². The Balaban J connectivity index is 1.31. The van der Waals surface area contributed by atoms with Crippen LogP contribution >= 0.6 is 0 Å². The molecule has 4 aromatic carbocycles. The molecule has 6 rings (SSSR count). The fourth-order valence-corrected chi connectivity index (χ4v) is 15.3. The number of hydrogen-bond donors (Lipinski definition) is 4. The van der Waals surface area contributed by atoms with Gasteiger partial charge in [0.15, 0.2) is 0 Å². The summed E-state index contributed by atoms with van der Waals surface area (Å²) < 4.78 is 1.83. The Morgan fingerprint density at radius 2 is 0.875 bits per heavy atom. The van der Waals surface area contributed by atoms with Crippen molar-refractivity contribution in [3.05, 3.63) is 132 Å². The van der Waals surface area contributed by atoms with Crippen LogP contribution in [0, 0.1) is 11.8 Å². The van der Waals surface area contributed by atoms with Gasteiger partial charge in [-0.2, -0.15) is 0 Å². The number of hydrogen-bond acceptors (Lipinski definition) is 4. The van der Waals surface area contributed by atoms with Crippen molar-refractivity contribution in [1.29, 1.82) is 0 Å². The molecule has 2 aromatic heterocycles. The van der Waals surface area contributed by atoms with Crippen LogP contribution in [0.5, 0.6) is 0 Å². The van der Waals surface area contributed by atoms with Crippen LogP contribution in [0.2, 0.25) is 0 Å². The summed E-state index contributed by atoms with van der Waals surface area (Å²) in [6.45, 7) is 20.4. The summed E-state index contributed by atoms with van der Waals surface area (Å²) >= 11 is -0.454. The number of nitrogens with zero attached hydrogens (tertiary/aromatic N) is 2. The van der Waals surface area contributed by atoms with Crippen molar-refractivity contribution in [3.8, 4) is 0 Å². The van der Waals surface area contributed by atoms with Gasteiger partial charge in [-0.15, -0.1) is 0 Å². The number of amides is 4. The summed E-state index contributed by atoms with van der Waals surface area (Å²) in [5, 5.41) is 8.52. The van der Waals surface area contributed by atoms with E-state index in [1.165, 1.54) is 0 Å². The number of carbonyl (C=O) groups excluding carboxylic acids is 4. The molecule has 0 aliphatic carbocycles. The van der Waals surface area contributed by atoms with E-state index in [-0.39, 0.29) is 61.7 Å². The molecule has 0 aliphatic heterocycles. The third kappa shape index (κ3) is 12.0. The molecule has 0 radical (unpaired) electrons. The van der Waals surface area contributed by atoms with Gasteiger partial charge in [0, 0.05) is 0 Å². The van der Waals surface area contributed by atoms with Gasteiger partial charge in [-0.05, 0) is 0 Å². The van der Waals surface area contributed by atoms with Crippen molar-refractivity contribution < 1.29 is 19.2 Å². The number of aromatic nitrogens is 2. The Morgan fingerprint density at radius 3 is 1.23 bits per heavy atom. The van der Waals surface area contributed by atoms with E-state index in [1.807, 2.05) is 167 Å². The molecule has 0 fully saturated rings. The van der Waals surface area contributed by atoms with Crippen LogP contribution in [-0.4, -0.2) is 106 Å². The number of rotatable bonds is 17. The molecule has 0 spiro atoms. The van der Waals surface area contributed by atoms with E-state index >= 15 is 9.59 Å². The van der Waals surface area contributed by atoms with Gasteiger partial charge in [0.2, 0.25) is 0 Å². The number of aromatic amines is 2. The fourth-order valence-electron chi connectivity index (χ4n) is 8.22. The molecule has 4 N–H and O–H groups in total. The summed E-state index contributed by atoms with van der Waals surface area (Å²) in [4.78, 5) is 68.6. The molecule has 2 unspecified atom stereocenters. The molecule has 2 heterocycles. The summed E-state index contributed by atoms with van der Waals surface area (Å²) in [6.07, 6.45) is 5.12. The standard InChI is InChI=1S/C52H64N6O4Se2/c1-33(2)45(47(59)55-51(5,6)7)57(29-27-35-31-53-41-23-15-11-19-37(35)41)49(61)39-21-13-17-25-43(39)63-64-44-26-18-14-22-40(44)50(62)58(46(34(3)4)48(60)56-52(8,9)10)30-28-36-32-54-42-24-16-12-20-38(36)42/h11-26,31-34,45-46,53-54H,27-30H2,1-10H3,(H,55,59)(H,56,60). The first-order valence-corrected chi connectivity index (χ1v) is 28.3. The summed E-state index contributed by atoms with van der Waals surface area (Å²) in [5.74, 6) is -1.05. The van der Waals surface area contributed by atoms with E-state index in [9.17, 15) is 9.59 Å². The van der Waals surface area contributed by atoms with Gasteiger partial charge in [-0.3, -0.25) is 0 Å². The molecule has 0 saturated heterocycles. The number of nitrogens with one attached hydrogen (secondary N) is 4. The van der Waals surface area contributed by atoms with Crippen LogP contribution in [0.1, 0.15) is 101 Å². The van der Waals surface area contributed by atoms with Crippen molar-refractivity contribution in [1.82, 2.24) is 30.4 Å². The summed E-state index contributed by atoms with van der Waals surface area (Å²) in [6, 6.07) is 30.3. The van der Waals surface area contributed by atoms with Crippen molar-refractivity contribution in [2.75, 3.05) is 13.1 Å². The molecular formula is C52H64N6O4Se2. The molecule has 64 heavy (non-hydrogen) atoms. The quantitative estimate of drug-likeness (QED) is 0.0723.